The topological polar surface area (TPSA) is 6.48 Å². The number of thiophene rings is 1. The standard InChI is InChI=1S/C51H74BN2S/c1-15-18-22-39(7)41(17-3)23-19-30-53-32-25-42(33-37(4)5)54(31-20-26-49(9,10)27-24-38(6)21-16-2)47-43-34-44-45(51(13,14)29-28-50(44,11)12)35-46(43)55-48(47)52-36-40(53)8/h16-17,19-20,23,25,31-36,38-39H,2,4,15,18,21-22,24,26-30H2,1,3,5-14H3/b23-19-,31-20+,32-25+,40-36-,41-17+,42-33+. The number of allylic oxidation sites excluding steroid dienone is 9. The highest BCUT2D eigenvalue weighted by Crippen LogP contribution is 2.49. The van der Waals surface area contributed by atoms with Crippen molar-refractivity contribution in [3.63, 3.8) is 0 Å². The molecule has 2 aliphatic rings. The summed E-state index contributed by atoms with van der Waals surface area (Å²) in [5, 5.41) is 1.34. The van der Waals surface area contributed by atoms with Crippen LogP contribution in [0.1, 0.15) is 152 Å². The molecule has 0 amide bonds. The summed E-state index contributed by atoms with van der Waals surface area (Å²) in [6.07, 6.45) is 31.3. The van der Waals surface area contributed by atoms with Crippen molar-refractivity contribution in [1.29, 1.82) is 0 Å². The van der Waals surface area contributed by atoms with Gasteiger partial charge in [0, 0.05) is 40.4 Å². The summed E-state index contributed by atoms with van der Waals surface area (Å²) in [5.41, 5.74) is 9.57. The summed E-state index contributed by atoms with van der Waals surface area (Å²) >= 11 is 1.93. The number of benzene rings is 1. The molecule has 1 aliphatic carbocycles. The third kappa shape index (κ3) is 11.7. The van der Waals surface area contributed by atoms with Crippen LogP contribution in [0.4, 0.5) is 5.69 Å². The number of hydrogen-bond donors (Lipinski definition) is 0. The Hall–Kier alpha value is -3.24. The molecular weight excluding hydrogens is 683 g/mol. The Bertz CT molecular complexity index is 1840. The first kappa shape index (κ1) is 44.5. The summed E-state index contributed by atoms with van der Waals surface area (Å²) < 4.78 is 2.65. The van der Waals surface area contributed by atoms with Crippen molar-refractivity contribution >= 4 is 39.2 Å². The van der Waals surface area contributed by atoms with Gasteiger partial charge in [-0.1, -0.05) is 124 Å². The minimum atomic E-state index is 0.127. The lowest BCUT2D eigenvalue weighted by Crippen LogP contribution is -2.33. The third-order valence-corrected chi connectivity index (χ3v) is 13.3. The molecule has 0 N–H and O–H groups in total. The lowest BCUT2D eigenvalue weighted by Gasteiger charge is -2.42. The normalized spacial score (nSPS) is 20.9. The molecule has 1 aromatic carbocycles. The average Bonchev–Trinajstić information content (AvgIpc) is 3.48. The van der Waals surface area contributed by atoms with Crippen LogP contribution in [0.15, 0.2) is 109 Å². The van der Waals surface area contributed by atoms with Crippen molar-refractivity contribution in [1.82, 2.24) is 4.90 Å². The zero-order valence-electron chi connectivity index (χ0n) is 36.9. The number of fused-ring (bicyclic) bond motifs is 4. The van der Waals surface area contributed by atoms with Crippen molar-refractivity contribution in [3.8, 4) is 0 Å². The van der Waals surface area contributed by atoms with E-state index in [-0.39, 0.29) is 16.2 Å². The van der Waals surface area contributed by atoms with Gasteiger partial charge in [0.1, 0.15) is 0 Å². The highest BCUT2D eigenvalue weighted by Gasteiger charge is 2.38. The molecule has 4 rings (SSSR count). The first-order valence-corrected chi connectivity index (χ1v) is 22.1. The zero-order chi connectivity index (χ0) is 40.6. The van der Waals surface area contributed by atoms with E-state index in [1.54, 1.807) is 0 Å². The van der Waals surface area contributed by atoms with Crippen LogP contribution in [0, 0.1) is 17.3 Å². The highest BCUT2D eigenvalue weighted by atomic mass is 32.1. The number of rotatable bonds is 16. The molecule has 55 heavy (non-hydrogen) atoms. The molecule has 2 unspecified atom stereocenters. The van der Waals surface area contributed by atoms with E-state index in [1.165, 1.54) is 87.9 Å². The molecule has 2 nitrogen and oxygen atoms in total. The molecule has 4 heteroatoms. The van der Waals surface area contributed by atoms with Gasteiger partial charge in [0.2, 0.25) is 0 Å². The molecule has 2 atom stereocenters. The van der Waals surface area contributed by atoms with Gasteiger partial charge < -0.3 is 9.80 Å². The molecule has 297 valence electrons. The van der Waals surface area contributed by atoms with Crippen molar-refractivity contribution in [2.24, 2.45) is 17.3 Å². The van der Waals surface area contributed by atoms with Gasteiger partial charge in [-0.05, 0) is 140 Å². The molecule has 0 spiro atoms. The average molecular weight is 758 g/mol. The molecule has 0 saturated carbocycles. The zero-order valence-corrected chi connectivity index (χ0v) is 37.8. The van der Waals surface area contributed by atoms with Gasteiger partial charge in [0.25, 0.3) is 0 Å². The van der Waals surface area contributed by atoms with E-state index in [1.807, 2.05) is 11.3 Å². The van der Waals surface area contributed by atoms with Crippen molar-refractivity contribution in [2.45, 2.75) is 152 Å². The van der Waals surface area contributed by atoms with E-state index in [0.717, 1.165) is 30.7 Å². The smallest absolute Gasteiger partial charge is 0.200 e. The number of anilines is 1. The Labute approximate surface area is 342 Å². The predicted octanol–water partition coefficient (Wildman–Crippen LogP) is 14.8. The van der Waals surface area contributed by atoms with Crippen LogP contribution in [0.2, 0.25) is 0 Å². The van der Waals surface area contributed by atoms with Crippen molar-refractivity contribution in [2.75, 3.05) is 11.4 Å². The quantitative estimate of drug-likeness (QED) is 0.0956. The molecule has 1 aliphatic heterocycles. The van der Waals surface area contributed by atoms with Gasteiger partial charge in [-0.2, -0.15) is 0 Å². The molecular formula is C51H74BN2S. The molecule has 2 heterocycles. The van der Waals surface area contributed by atoms with Gasteiger partial charge in [0.15, 0.2) is 7.28 Å². The second kappa shape index (κ2) is 19.3. The van der Waals surface area contributed by atoms with Crippen LogP contribution in [0.25, 0.3) is 10.1 Å². The summed E-state index contributed by atoms with van der Waals surface area (Å²) in [7, 11) is 2.37. The maximum atomic E-state index is 4.39. The minimum Gasteiger partial charge on any atom is -0.349 e. The number of unbranched alkanes of at least 4 members (excludes halogenated alkanes) is 1. The highest BCUT2D eigenvalue weighted by molar-refractivity contribution is 7.28. The summed E-state index contributed by atoms with van der Waals surface area (Å²) in [6, 6.07) is 5.10. The van der Waals surface area contributed by atoms with E-state index in [0.29, 0.717) is 11.8 Å². The van der Waals surface area contributed by atoms with Gasteiger partial charge in [-0.25, -0.2) is 0 Å². The lowest BCUT2D eigenvalue weighted by molar-refractivity contribution is 0.302. The van der Waals surface area contributed by atoms with Crippen LogP contribution in [-0.2, 0) is 10.8 Å². The van der Waals surface area contributed by atoms with Gasteiger partial charge in [-0.15, -0.1) is 17.9 Å². The first-order chi connectivity index (χ1) is 25.9. The van der Waals surface area contributed by atoms with E-state index >= 15 is 0 Å². The van der Waals surface area contributed by atoms with Crippen LogP contribution in [0.5, 0.6) is 0 Å². The summed E-state index contributed by atoms with van der Waals surface area (Å²) in [4.78, 5) is 4.84. The first-order valence-electron chi connectivity index (χ1n) is 21.3. The number of nitrogens with zero attached hydrogens (tertiary/aromatic N) is 2. The molecule has 0 fully saturated rings. The Morgan fingerprint density at radius 3 is 2.38 bits per heavy atom. The van der Waals surface area contributed by atoms with E-state index < -0.39 is 0 Å². The van der Waals surface area contributed by atoms with E-state index in [2.05, 4.69) is 186 Å². The molecule has 0 bridgehead atoms. The van der Waals surface area contributed by atoms with Crippen LogP contribution in [0.3, 0.4) is 0 Å². The van der Waals surface area contributed by atoms with Crippen LogP contribution < -0.4 is 9.68 Å². The maximum absolute atomic E-state index is 4.39. The van der Waals surface area contributed by atoms with Gasteiger partial charge in [0.05, 0.1) is 5.69 Å². The lowest BCUT2D eigenvalue weighted by atomic mass is 9.63. The Morgan fingerprint density at radius 2 is 1.75 bits per heavy atom. The van der Waals surface area contributed by atoms with Crippen molar-refractivity contribution in [3.05, 3.63) is 120 Å². The Balaban J connectivity index is 1.86. The molecule has 1 aromatic heterocycles. The SMILES string of the molecule is C=CCC(C)CCC(C)(C)C/C=C/N1C(=C/C(=C)C)/C=C/N(C/C=C\C(=C/C)C(C)CCCC)/C(C)=C\[B]c2sc3cc4c(cc3c21)C(C)(C)CCC4(C)C. The second-order valence-electron chi connectivity index (χ2n) is 18.9. The molecule has 0 saturated heterocycles. The van der Waals surface area contributed by atoms with E-state index in [4.69, 9.17) is 0 Å². The molecule has 1 radical (unpaired) electrons. The summed E-state index contributed by atoms with van der Waals surface area (Å²) in [6.45, 7) is 37.3. The monoisotopic (exact) mass is 758 g/mol. The predicted molar refractivity (Wildman–Crippen MR) is 250 cm³/mol. The number of hydrogen-bond acceptors (Lipinski definition) is 3. The Morgan fingerprint density at radius 1 is 1.05 bits per heavy atom. The van der Waals surface area contributed by atoms with Crippen LogP contribution >= 0.6 is 11.3 Å². The van der Waals surface area contributed by atoms with Crippen LogP contribution in [-0.4, -0.2) is 18.7 Å². The second-order valence-corrected chi connectivity index (χ2v) is 19.9. The summed E-state index contributed by atoms with van der Waals surface area (Å²) in [5.74, 6) is 3.56. The fourth-order valence-electron chi connectivity index (χ4n) is 8.19. The van der Waals surface area contributed by atoms with Crippen molar-refractivity contribution < 1.29 is 0 Å². The van der Waals surface area contributed by atoms with Gasteiger partial charge in [-0.3, -0.25) is 0 Å². The largest absolute Gasteiger partial charge is 0.349 e. The Kier molecular flexibility index (Phi) is 15.6. The maximum Gasteiger partial charge on any atom is 0.200 e. The van der Waals surface area contributed by atoms with Gasteiger partial charge >= 0.3 is 0 Å². The minimum absolute atomic E-state index is 0.127. The fraction of sp³-hybridized carbons (Fsp3) is 0.529. The molecule has 2 aromatic rings. The third-order valence-electron chi connectivity index (χ3n) is 12.2. The van der Waals surface area contributed by atoms with E-state index in [9.17, 15) is 0 Å². The fourth-order valence-corrected chi connectivity index (χ4v) is 9.31.